The fraction of sp³-hybridized carbons (Fsp3) is 0.632. The van der Waals surface area contributed by atoms with Crippen molar-refractivity contribution in [1.82, 2.24) is 14.8 Å². The Balaban J connectivity index is 1.45. The number of fused-ring (bicyclic) bond motifs is 1. The Labute approximate surface area is 144 Å². The van der Waals surface area contributed by atoms with Crippen LogP contribution in [0.3, 0.4) is 0 Å². The van der Waals surface area contributed by atoms with E-state index in [9.17, 15) is 0 Å². The van der Waals surface area contributed by atoms with Crippen molar-refractivity contribution in [2.75, 3.05) is 46.4 Å². The van der Waals surface area contributed by atoms with Gasteiger partial charge in [-0.25, -0.2) is 4.98 Å². The number of hydrogen-bond acceptors (Lipinski definition) is 5. The molecule has 1 aliphatic heterocycles. The van der Waals surface area contributed by atoms with Gasteiger partial charge in [-0.05, 0) is 31.5 Å². The summed E-state index contributed by atoms with van der Waals surface area (Å²) in [6.45, 7) is 8.73. The highest BCUT2D eigenvalue weighted by atomic mass is 16.5. The molecule has 0 saturated carbocycles. The number of aromatic nitrogens is 1. The first-order valence-electron chi connectivity index (χ1n) is 9.10. The number of piperazine rings is 1. The maximum Gasteiger partial charge on any atom is 0.195 e. The fourth-order valence-electron chi connectivity index (χ4n) is 3.53. The first kappa shape index (κ1) is 17.4. The highest BCUT2D eigenvalue weighted by molar-refractivity contribution is 5.72. The van der Waals surface area contributed by atoms with Gasteiger partial charge >= 0.3 is 0 Å². The summed E-state index contributed by atoms with van der Waals surface area (Å²) < 4.78 is 11.0. The molecule has 0 spiro atoms. The Morgan fingerprint density at radius 1 is 1.25 bits per heavy atom. The quantitative estimate of drug-likeness (QED) is 0.744. The van der Waals surface area contributed by atoms with E-state index in [1.54, 1.807) is 7.11 Å². The van der Waals surface area contributed by atoms with E-state index >= 15 is 0 Å². The van der Waals surface area contributed by atoms with Crippen LogP contribution in [0.15, 0.2) is 28.7 Å². The number of hydrogen-bond donors (Lipinski definition) is 0. The smallest absolute Gasteiger partial charge is 0.195 e. The topological polar surface area (TPSA) is 41.7 Å². The predicted molar refractivity (Wildman–Crippen MR) is 96.3 cm³/mol. The van der Waals surface area contributed by atoms with E-state index in [1.165, 1.54) is 6.42 Å². The normalized spacial score (nSPS) is 20.0. The monoisotopic (exact) mass is 331 g/mol. The molecule has 132 valence electrons. The van der Waals surface area contributed by atoms with Gasteiger partial charge in [0.2, 0.25) is 0 Å². The molecule has 24 heavy (non-hydrogen) atoms. The SMILES string of the molecule is CC[C@@H]1CN(CCCc2nc3ccccc3o2)CCN1CCOC. The van der Waals surface area contributed by atoms with Crippen molar-refractivity contribution in [3.8, 4) is 0 Å². The summed E-state index contributed by atoms with van der Waals surface area (Å²) in [6.07, 6.45) is 3.21. The second kappa shape index (κ2) is 8.60. The van der Waals surface area contributed by atoms with Gasteiger partial charge in [-0.15, -0.1) is 0 Å². The number of ether oxygens (including phenoxy) is 1. The van der Waals surface area contributed by atoms with E-state index in [0.717, 1.165) is 69.2 Å². The average molecular weight is 331 g/mol. The van der Waals surface area contributed by atoms with Gasteiger partial charge in [-0.3, -0.25) is 4.90 Å². The highest BCUT2D eigenvalue weighted by Gasteiger charge is 2.24. The van der Waals surface area contributed by atoms with Crippen molar-refractivity contribution in [2.24, 2.45) is 0 Å². The molecule has 1 aliphatic rings. The van der Waals surface area contributed by atoms with Crippen LogP contribution in [-0.4, -0.2) is 67.3 Å². The molecular weight excluding hydrogens is 302 g/mol. The summed E-state index contributed by atoms with van der Waals surface area (Å²) >= 11 is 0. The van der Waals surface area contributed by atoms with Gasteiger partial charge in [0.25, 0.3) is 0 Å². The first-order chi connectivity index (χ1) is 11.8. The third-order valence-electron chi connectivity index (χ3n) is 4.95. The van der Waals surface area contributed by atoms with Gasteiger partial charge in [0.05, 0.1) is 6.61 Å². The van der Waals surface area contributed by atoms with E-state index in [-0.39, 0.29) is 0 Å². The third kappa shape index (κ3) is 4.35. The van der Waals surface area contributed by atoms with Crippen molar-refractivity contribution < 1.29 is 9.15 Å². The molecule has 1 fully saturated rings. The van der Waals surface area contributed by atoms with E-state index in [0.29, 0.717) is 6.04 Å². The van der Waals surface area contributed by atoms with Crippen LogP contribution in [0.4, 0.5) is 0 Å². The zero-order valence-electron chi connectivity index (χ0n) is 14.9. The van der Waals surface area contributed by atoms with Crippen LogP contribution in [0.2, 0.25) is 0 Å². The Hall–Kier alpha value is -1.43. The molecule has 0 unspecified atom stereocenters. The number of para-hydroxylation sites is 2. The standard InChI is InChI=1S/C19H29N3O2/c1-3-16-15-21(11-12-22(16)13-14-23-2)10-6-9-19-20-17-7-4-5-8-18(17)24-19/h4-5,7-8,16H,3,6,9-15H2,1-2H3/t16-/m1/s1. The molecule has 0 radical (unpaired) electrons. The molecule has 0 amide bonds. The van der Waals surface area contributed by atoms with Crippen molar-refractivity contribution in [3.63, 3.8) is 0 Å². The van der Waals surface area contributed by atoms with Crippen LogP contribution in [0, 0.1) is 0 Å². The molecular formula is C19H29N3O2. The first-order valence-corrected chi connectivity index (χ1v) is 9.10. The fourth-order valence-corrected chi connectivity index (χ4v) is 3.53. The van der Waals surface area contributed by atoms with Crippen LogP contribution in [0.5, 0.6) is 0 Å². The third-order valence-corrected chi connectivity index (χ3v) is 4.95. The molecule has 0 aliphatic carbocycles. The Morgan fingerprint density at radius 3 is 2.92 bits per heavy atom. The number of oxazole rings is 1. The zero-order valence-corrected chi connectivity index (χ0v) is 14.9. The predicted octanol–water partition coefficient (Wildman–Crippen LogP) is 2.80. The minimum Gasteiger partial charge on any atom is -0.441 e. The summed E-state index contributed by atoms with van der Waals surface area (Å²) in [5.74, 6) is 0.863. The summed E-state index contributed by atoms with van der Waals surface area (Å²) in [5, 5.41) is 0. The van der Waals surface area contributed by atoms with Crippen LogP contribution in [-0.2, 0) is 11.2 Å². The number of methoxy groups -OCH3 is 1. The lowest BCUT2D eigenvalue weighted by atomic mass is 10.1. The van der Waals surface area contributed by atoms with Crippen LogP contribution in [0.25, 0.3) is 11.1 Å². The average Bonchev–Trinajstić information content (AvgIpc) is 3.03. The van der Waals surface area contributed by atoms with Crippen molar-refractivity contribution in [1.29, 1.82) is 0 Å². The summed E-state index contributed by atoms with van der Waals surface area (Å²) in [7, 11) is 1.78. The maximum atomic E-state index is 5.81. The molecule has 1 saturated heterocycles. The molecule has 5 heteroatoms. The van der Waals surface area contributed by atoms with Crippen molar-refractivity contribution in [3.05, 3.63) is 30.2 Å². The van der Waals surface area contributed by atoms with Crippen LogP contribution in [0.1, 0.15) is 25.7 Å². The Bertz CT molecular complexity index is 595. The van der Waals surface area contributed by atoms with Gasteiger partial charge in [-0.1, -0.05) is 19.1 Å². The molecule has 3 rings (SSSR count). The van der Waals surface area contributed by atoms with E-state index < -0.39 is 0 Å². The number of benzene rings is 1. The molecule has 2 aromatic rings. The van der Waals surface area contributed by atoms with Gasteiger partial charge in [0.1, 0.15) is 5.52 Å². The van der Waals surface area contributed by atoms with Crippen LogP contribution >= 0.6 is 0 Å². The van der Waals surface area contributed by atoms with E-state index in [4.69, 9.17) is 9.15 Å². The minimum absolute atomic E-state index is 0.651. The van der Waals surface area contributed by atoms with Gasteiger partial charge < -0.3 is 14.1 Å². The zero-order chi connectivity index (χ0) is 16.8. The molecule has 0 N–H and O–H groups in total. The lowest BCUT2D eigenvalue weighted by molar-refractivity contribution is 0.0492. The summed E-state index contributed by atoms with van der Waals surface area (Å²) in [6, 6.07) is 8.64. The summed E-state index contributed by atoms with van der Waals surface area (Å²) in [5.41, 5.74) is 1.86. The maximum absolute atomic E-state index is 5.81. The number of nitrogens with zero attached hydrogens (tertiary/aromatic N) is 3. The van der Waals surface area contributed by atoms with Gasteiger partial charge in [-0.2, -0.15) is 0 Å². The minimum atomic E-state index is 0.651. The lowest BCUT2D eigenvalue weighted by Gasteiger charge is -2.41. The number of aryl methyl sites for hydroxylation is 1. The number of rotatable bonds is 8. The van der Waals surface area contributed by atoms with Crippen molar-refractivity contribution >= 4 is 11.1 Å². The Morgan fingerprint density at radius 2 is 2.12 bits per heavy atom. The molecule has 2 heterocycles. The molecule has 1 aromatic heterocycles. The second-order valence-corrected chi connectivity index (χ2v) is 6.57. The largest absolute Gasteiger partial charge is 0.441 e. The second-order valence-electron chi connectivity index (χ2n) is 6.57. The van der Waals surface area contributed by atoms with Gasteiger partial charge in [0.15, 0.2) is 11.5 Å². The van der Waals surface area contributed by atoms with Crippen molar-refractivity contribution in [2.45, 2.75) is 32.2 Å². The van der Waals surface area contributed by atoms with Crippen LogP contribution < -0.4 is 0 Å². The molecule has 0 bridgehead atoms. The molecule has 1 atom stereocenters. The van der Waals surface area contributed by atoms with E-state index in [1.807, 2.05) is 24.3 Å². The van der Waals surface area contributed by atoms with Gasteiger partial charge in [0, 0.05) is 45.8 Å². The molecule has 5 nitrogen and oxygen atoms in total. The summed E-state index contributed by atoms with van der Waals surface area (Å²) in [4.78, 5) is 9.72. The lowest BCUT2D eigenvalue weighted by Crippen LogP contribution is -2.53. The highest BCUT2D eigenvalue weighted by Crippen LogP contribution is 2.17. The van der Waals surface area contributed by atoms with E-state index in [2.05, 4.69) is 21.7 Å². The Kier molecular flexibility index (Phi) is 6.24. The molecule has 1 aromatic carbocycles.